The van der Waals surface area contributed by atoms with Crippen LogP contribution in [0.15, 0.2) is 59.8 Å². The highest BCUT2D eigenvalue weighted by Crippen LogP contribution is 2.35. The third kappa shape index (κ3) is 3.13. The number of pyridine rings is 1. The Morgan fingerprint density at radius 3 is 2.56 bits per heavy atom. The van der Waals surface area contributed by atoms with Gasteiger partial charge in [0.25, 0.3) is 0 Å². The van der Waals surface area contributed by atoms with Crippen molar-refractivity contribution in [2.45, 2.75) is 16.9 Å². The Hall–Kier alpha value is -2.29. The maximum Gasteiger partial charge on any atom is 0.243 e. The first-order chi connectivity index (χ1) is 12.9. The monoisotopic (exact) mass is 386 g/mol. The number of rotatable bonds is 3. The maximum atomic E-state index is 13.0. The Morgan fingerprint density at radius 2 is 1.85 bits per heavy atom. The maximum absolute atomic E-state index is 13.0. The summed E-state index contributed by atoms with van der Waals surface area (Å²) in [5.41, 5.74) is 0.352. The summed E-state index contributed by atoms with van der Waals surface area (Å²) in [7, 11) is -1.64. The van der Waals surface area contributed by atoms with E-state index in [2.05, 4.69) is 4.98 Å². The van der Waals surface area contributed by atoms with Gasteiger partial charge in [-0.1, -0.05) is 18.2 Å². The van der Waals surface area contributed by atoms with Crippen LogP contribution in [-0.4, -0.2) is 67.3 Å². The van der Waals surface area contributed by atoms with Crippen LogP contribution in [0.4, 0.5) is 5.69 Å². The van der Waals surface area contributed by atoms with Crippen LogP contribution in [0.2, 0.25) is 0 Å². The lowest BCUT2D eigenvalue weighted by molar-refractivity contribution is -0.123. The standard InChI is InChI=1S/C19H22N4O3S/c1-21-13-18(24)23(16-6-5-10-20-12-16)15-19(21)9-11-22(14-19)27(25,26)17-7-3-2-4-8-17/h2-8,10,12H,9,11,13-15H2,1H3. The molecule has 0 radical (unpaired) electrons. The molecule has 2 saturated heterocycles. The van der Waals surface area contributed by atoms with E-state index in [0.717, 1.165) is 5.69 Å². The van der Waals surface area contributed by atoms with E-state index in [0.29, 0.717) is 31.0 Å². The highest BCUT2D eigenvalue weighted by Gasteiger charge is 2.50. The van der Waals surface area contributed by atoms with E-state index >= 15 is 0 Å². The molecule has 2 aromatic rings. The number of piperazine rings is 1. The van der Waals surface area contributed by atoms with Crippen molar-refractivity contribution >= 4 is 21.6 Å². The smallest absolute Gasteiger partial charge is 0.243 e. The van der Waals surface area contributed by atoms with Gasteiger partial charge < -0.3 is 4.90 Å². The van der Waals surface area contributed by atoms with Crippen molar-refractivity contribution in [2.24, 2.45) is 0 Å². The van der Waals surface area contributed by atoms with E-state index in [1.54, 1.807) is 53.7 Å². The van der Waals surface area contributed by atoms with Crippen molar-refractivity contribution in [1.82, 2.24) is 14.2 Å². The second kappa shape index (κ2) is 6.70. The van der Waals surface area contributed by atoms with Crippen molar-refractivity contribution in [2.75, 3.05) is 38.1 Å². The minimum absolute atomic E-state index is 0.000455. The molecular formula is C19H22N4O3S. The lowest BCUT2D eigenvalue weighted by atomic mass is 9.93. The molecule has 1 atom stereocenters. The molecule has 2 aliphatic rings. The minimum atomic E-state index is -3.54. The van der Waals surface area contributed by atoms with Crippen LogP contribution in [-0.2, 0) is 14.8 Å². The number of carbonyl (C=O) groups is 1. The van der Waals surface area contributed by atoms with Gasteiger partial charge in [-0.25, -0.2) is 8.42 Å². The molecule has 1 spiro atoms. The van der Waals surface area contributed by atoms with E-state index in [-0.39, 0.29) is 12.5 Å². The van der Waals surface area contributed by atoms with E-state index < -0.39 is 15.6 Å². The predicted molar refractivity (Wildman–Crippen MR) is 102 cm³/mol. The van der Waals surface area contributed by atoms with Gasteiger partial charge in [0.15, 0.2) is 0 Å². The summed E-state index contributed by atoms with van der Waals surface area (Å²) < 4.78 is 27.5. The Labute approximate surface area is 159 Å². The van der Waals surface area contributed by atoms with Crippen molar-refractivity contribution < 1.29 is 13.2 Å². The van der Waals surface area contributed by atoms with Crippen molar-refractivity contribution in [1.29, 1.82) is 0 Å². The van der Waals surface area contributed by atoms with Crippen molar-refractivity contribution in [3.63, 3.8) is 0 Å². The topological polar surface area (TPSA) is 73.8 Å². The van der Waals surface area contributed by atoms with Gasteiger partial charge in [-0.05, 0) is 37.7 Å². The molecule has 0 saturated carbocycles. The van der Waals surface area contributed by atoms with Gasteiger partial charge in [-0.3, -0.25) is 14.7 Å². The molecule has 0 bridgehead atoms. The summed E-state index contributed by atoms with van der Waals surface area (Å²) >= 11 is 0. The van der Waals surface area contributed by atoms with E-state index in [4.69, 9.17) is 0 Å². The average molecular weight is 386 g/mol. The summed E-state index contributed by atoms with van der Waals surface area (Å²) in [6, 6.07) is 12.2. The zero-order valence-electron chi connectivity index (χ0n) is 15.2. The lowest BCUT2D eigenvalue weighted by Gasteiger charge is -2.46. The van der Waals surface area contributed by atoms with Crippen molar-refractivity contribution in [3.05, 3.63) is 54.9 Å². The first kappa shape index (κ1) is 18.1. The summed E-state index contributed by atoms with van der Waals surface area (Å²) in [6.45, 7) is 1.52. The van der Waals surface area contributed by atoms with Gasteiger partial charge >= 0.3 is 0 Å². The fourth-order valence-electron chi connectivity index (χ4n) is 3.91. The average Bonchev–Trinajstić information content (AvgIpc) is 3.12. The Morgan fingerprint density at radius 1 is 1.07 bits per heavy atom. The third-order valence-electron chi connectivity index (χ3n) is 5.57. The third-order valence-corrected chi connectivity index (χ3v) is 7.43. The number of hydrogen-bond donors (Lipinski definition) is 0. The second-order valence-electron chi connectivity index (χ2n) is 7.17. The molecule has 1 aromatic carbocycles. The number of benzene rings is 1. The number of anilines is 1. The van der Waals surface area contributed by atoms with Gasteiger partial charge in [-0.2, -0.15) is 4.31 Å². The number of carbonyl (C=O) groups excluding carboxylic acids is 1. The number of hydrogen-bond acceptors (Lipinski definition) is 5. The number of likely N-dealkylation sites (N-methyl/N-ethyl adjacent to an activating group) is 1. The highest BCUT2D eigenvalue weighted by atomic mass is 32.2. The molecule has 0 aliphatic carbocycles. The summed E-state index contributed by atoms with van der Waals surface area (Å²) in [5.74, 6) is 0.000455. The Kier molecular flexibility index (Phi) is 4.49. The number of nitrogens with zero attached hydrogens (tertiary/aromatic N) is 4. The van der Waals surface area contributed by atoms with E-state index in [1.807, 2.05) is 18.0 Å². The molecule has 1 aromatic heterocycles. The quantitative estimate of drug-likeness (QED) is 0.792. The van der Waals surface area contributed by atoms with Crippen LogP contribution in [0.5, 0.6) is 0 Å². The predicted octanol–water partition coefficient (Wildman–Crippen LogP) is 1.19. The van der Waals surface area contributed by atoms with Gasteiger partial charge in [0.1, 0.15) is 0 Å². The molecule has 2 aliphatic heterocycles. The molecule has 3 heterocycles. The largest absolute Gasteiger partial charge is 0.308 e. The van der Waals surface area contributed by atoms with Crippen LogP contribution in [0.25, 0.3) is 0 Å². The summed E-state index contributed by atoms with van der Waals surface area (Å²) in [5, 5.41) is 0. The fourth-order valence-corrected chi connectivity index (χ4v) is 5.46. The summed E-state index contributed by atoms with van der Waals surface area (Å²) in [6.07, 6.45) is 4.02. The van der Waals surface area contributed by atoms with Crippen LogP contribution in [0.1, 0.15) is 6.42 Å². The molecule has 2 fully saturated rings. The molecule has 0 N–H and O–H groups in total. The van der Waals surface area contributed by atoms with Crippen LogP contribution < -0.4 is 4.90 Å². The Bertz CT molecular complexity index is 936. The van der Waals surface area contributed by atoms with Gasteiger partial charge in [0.2, 0.25) is 15.9 Å². The first-order valence-corrected chi connectivity index (χ1v) is 10.3. The highest BCUT2D eigenvalue weighted by molar-refractivity contribution is 7.89. The molecule has 7 nitrogen and oxygen atoms in total. The first-order valence-electron chi connectivity index (χ1n) is 8.89. The molecule has 1 unspecified atom stereocenters. The second-order valence-corrected chi connectivity index (χ2v) is 9.11. The molecule has 27 heavy (non-hydrogen) atoms. The number of aromatic nitrogens is 1. The number of amides is 1. The van der Waals surface area contributed by atoms with Crippen molar-refractivity contribution in [3.8, 4) is 0 Å². The zero-order valence-corrected chi connectivity index (χ0v) is 16.0. The van der Waals surface area contributed by atoms with Crippen LogP contribution in [0, 0.1) is 0 Å². The lowest BCUT2D eigenvalue weighted by Crippen LogP contribution is -2.64. The van der Waals surface area contributed by atoms with Gasteiger partial charge in [0, 0.05) is 25.8 Å². The molecule has 142 valence electrons. The van der Waals surface area contributed by atoms with E-state index in [1.165, 1.54) is 4.31 Å². The Balaban J connectivity index is 1.61. The van der Waals surface area contributed by atoms with E-state index in [9.17, 15) is 13.2 Å². The SMILES string of the molecule is CN1CC(=O)N(c2cccnc2)CC12CCN(S(=O)(=O)c1ccccc1)C2. The van der Waals surface area contributed by atoms with Gasteiger partial charge in [0.05, 0.1) is 28.9 Å². The molecule has 8 heteroatoms. The van der Waals surface area contributed by atoms with Crippen LogP contribution >= 0.6 is 0 Å². The normalized spacial score (nSPS) is 24.6. The van der Waals surface area contributed by atoms with Gasteiger partial charge in [-0.15, -0.1) is 0 Å². The molecule has 4 rings (SSSR count). The van der Waals surface area contributed by atoms with Crippen LogP contribution in [0.3, 0.4) is 0 Å². The number of sulfonamides is 1. The molecule has 1 amide bonds. The summed E-state index contributed by atoms with van der Waals surface area (Å²) in [4.78, 5) is 20.7. The molecular weight excluding hydrogens is 364 g/mol. The fraction of sp³-hybridized carbons (Fsp3) is 0.368. The minimum Gasteiger partial charge on any atom is -0.308 e. The zero-order chi connectivity index (χ0) is 19.1.